The molecule has 0 amide bonds. The van der Waals surface area contributed by atoms with Crippen LogP contribution in [0.3, 0.4) is 0 Å². The van der Waals surface area contributed by atoms with Crippen molar-refractivity contribution in [1.29, 1.82) is 0 Å². The minimum Gasteiger partial charge on any atom is -0.390 e. The van der Waals surface area contributed by atoms with Crippen LogP contribution in [0, 0.1) is 0 Å². The van der Waals surface area contributed by atoms with Crippen LogP contribution < -0.4 is 5.32 Å². The lowest BCUT2D eigenvalue weighted by atomic mass is 10.1. The molecular weight excluding hydrogens is 262 g/mol. The van der Waals surface area contributed by atoms with E-state index in [1.54, 1.807) is 0 Å². The van der Waals surface area contributed by atoms with Crippen molar-refractivity contribution in [2.24, 2.45) is 0 Å². The second-order valence-corrected chi connectivity index (χ2v) is 5.94. The molecule has 2 heterocycles. The number of benzene rings is 1. The van der Waals surface area contributed by atoms with E-state index in [0.29, 0.717) is 6.04 Å². The van der Waals surface area contributed by atoms with E-state index in [-0.39, 0.29) is 6.10 Å². The van der Waals surface area contributed by atoms with Crippen LogP contribution >= 0.6 is 0 Å². The number of nitrogens with zero attached hydrogens (tertiary/aromatic N) is 2. The minimum atomic E-state index is -0.200. The van der Waals surface area contributed by atoms with Gasteiger partial charge >= 0.3 is 0 Å². The van der Waals surface area contributed by atoms with Gasteiger partial charge in [-0.25, -0.2) is 0 Å². The van der Waals surface area contributed by atoms with Crippen LogP contribution in [0.15, 0.2) is 36.4 Å². The smallest absolute Gasteiger partial charge is 0.0831 e. The first-order chi connectivity index (χ1) is 10.3. The molecule has 4 nitrogen and oxygen atoms in total. The molecule has 0 aliphatic carbocycles. The fourth-order valence-corrected chi connectivity index (χ4v) is 3.20. The highest BCUT2D eigenvalue weighted by Crippen LogP contribution is 2.12. The molecule has 3 rings (SSSR count). The lowest BCUT2D eigenvalue weighted by Gasteiger charge is -2.38. The van der Waals surface area contributed by atoms with Crippen molar-refractivity contribution in [3.63, 3.8) is 0 Å². The first kappa shape index (κ1) is 14.7. The highest BCUT2D eigenvalue weighted by atomic mass is 16.3. The van der Waals surface area contributed by atoms with E-state index in [9.17, 15) is 5.11 Å². The topological polar surface area (TPSA) is 38.7 Å². The summed E-state index contributed by atoms with van der Waals surface area (Å²) >= 11 is 0. The molecule has 0 bridgehead atoms. The first-order valence-corrected chi connectivity index (χ1v) is 7.90. The zero-order chi connectivity index (χ0) is 14.5. The van der Waals surface area contributed by atoms with Gasteiger partial charge in [0.1, 0.15) is 0 Å². The summed E-state index contributed by atoms with van der Waals surface area (Å²) in [6.07, 6.45) is 4.24. The molecule has 0 radical (unpaired) electrons. The molecule has 4 heteroatoms. The van der Waals surface area contributed by atoms with Crippen LogP contribution in [0.2, 0.25) is 0 Å². The van der Waals surface area contributed by atoms with E-state index in [0.717, 1.165) is 45.8 Å². The zero-order valence-electron chi connectivity index (χ0n) is 12.5. The van der Waals surface area contributed by atoms with E-state index < -0.39 is 0 Å². The number of aliphatic hydroxyl groups is 1. The van der Waals surface area contributed by atoms with Crippen molar-refractivity contribution in [2.75, 3.05) is 45.8 Å². The third-order valence-electron chi connectivity index (χ3n) is 4.50. The third kappa shape index (κ3) is 3.92. The summed E-state index contributed by atoms with van der Waals surface area (Å²) in [6, 6.07) is 10.8. The summed E-state index contributed by atoms with van der Waals surface area (Å²) in [7, 11) is 0. The Bertz CT molecular complexity index is 454. The van der Waals surface area contributed by atoms with Gasteiger partial charge in [0.25, 0.3) is 0 Å². The second kappa shape index (κ2) is 7.18. The van der Waals surface area contributed by atoms with Gasteiger partial charge in [0, 0.05) is 51.9 Å². The van der Waals surface area contributed by atoms with Crippen LogP contribution in [-0.2, 0) is 0 Å². The predicted octanol–water partition coefficient (Wildman–Crippen LogP) is 0.650. The average molecular weight is 287 g/mol. The predicted molar refractivity (Wildman–Crippen MR) is 86.2 cm³/mol. The monoisotopic (exact) mass is 287 g/mol. The number of nitrogens with one attached hydrogen (secondary N) is 1. The second-order valence-electron chi connectivity index (χ2n) is 5.94. The molecule has 0 saturated carbocycles. The fraction of sp³-hybridized carbons (Fsp3) is 0.529. The molecule has 1 aromatic carbocycles. The van der Waals surface area contributed by atoms with E-state index in [1.165, 1.54) is 5.56 Å². The van der Waals surface area contributed by atoms with Gasteiger partial charge in [0.05, 0.1) is 6.10 Å². The average Bonchev–Trinajstić information content (AvgIpc) is 2.95. The molecule has 21 heavy (non-hydrogen) atoms. The van der Waals surface area contributed by atoms with Crippen molar-refractivity contribution in [2.45, 2.75) is 12.1 Å². The lowest BCUT2D eigenvalue weighted by molar-refractivity contribution is 0.0476. The Balaban J connectivity index is 1.43. The highest BCUT2D eigenvalue weighted by Gasteiger charge is 2.32. The number of rotatable bonds is 4. The zero-order valence-corrected chi connectivity index (χ0v) is 12.5. The molecule has 2 atom stereocenters. The molecular formula is C17H25N3O. The number of aliphatic hydroxyl groups excluding tert-OH is 1. The van der Waals surface area contributed by atoms with Gasteiger partial charge in [0.15, 0.2) is 0 Å². The van der Waals surface area contributed by atoms with E-state index in [1.807, 2.05) is 6.07 Å². The van der Waals surface area contributed by atoms with Crippen molar-refractivity contribution < 1.29 is 5.11 Å². The SMILES string of the molecule is O[C@H]1CNC[C@@H]1N1CCN(C/C=C/c2ccccc2)CC1. The number of piperazine rings is 1. The van der Waals surface area contributed by atoms with Crippen LogP contribution in [-0.4, -0.2) is 72.9 Å². The van der Waals surface area contributed by atoms with Crippen LogP contribution in [0.1, 0.15) is 5.56 Å². The Morgan fingerprint density at radius 1 is 1.10 bits per heavy atom. The molecule has 2 N–H and O–H groups in total. The highest BCUT2D eigenvalue weighted by molar-refractivity contribution is 5.48. The Morgan fingerprint density at radius 3 is 2.52 bits per heavy atom. The normalized spacial score (nSPS) is 28.4. The molecule has 114 valence electrons. The van der Waals surface area contributed by atoms with Gasteiger partial charge in [-0.2, -0.15) is 0 Å². The minimum absolute atomic E-state index is 0.200. The van der Waals surface area contributed by atoms with E-state index >= 15 is 0 Å². The molecule has 0 aromatic heterocycles. The maximum atomic E-state index is 9.95. The fourth-order valence-electron chi connectivity index (χ4n) is 3.20. The maximum Gasteiger partial charge on any atom is 0.0831 e. The summed E-state index contributed by atoms with van der Waals surface area (Å²) in [4.78, 5) is 4.91. The Morgan fingerprint density at radius 2 is 1.86 bits per heavy atom. The van der Waals surface area contributed by atoms with Gasteiger partial charge in [-0.15, -0.1) is 0 Å². The number of hydrogen-bond donors (Lipinski definition) is 2. The van der Waals surface area contributed by atoms with E-state index in [2.05, 4.69) is 51.5 Å². The molecule has 0 unspecified atom stereocenters. The lowest BCUT2D eigenvalue weighted by Crippen LogP contribution is -2.53. The van der Waals surface area contributed by atoms with Gasteiger partial charge < -0.3 is 10.4 Å². The third-order valence-corrected chi connectivity index (χ3v) is 4.50. The molecule has 0 spiro atoms. The first-order valence-electron chi connectivity index (χ1n) is 7.90. The van der Waals surface area contributed by atoms with Crippen molar-refractivity contribution in [1.82, 2.24) is 15.1 Å². The van der Waals surface area contributed by atoms with Gasteiger partial charge in [0.2, 0.25) is 0 Å². The largest absolute Gasteiger partial charge is 0.390 e. The Hall–Kier alpha value is -1.20. The van der Waals surface area contributed by atoms with Gasteiger partial charge in [-0.05, 0) is 5.56 Å². The Kier molecular flexibility index (Phi) is 5.04. The van der Waals surface area contributed by atoms with Crippen LogP contribution in [0.25, 0.3) is 6.08 Å². The molecule has 2 fully saturated rings. The van der Waals surface area contributed by atoms with Gasteiger partial charge in [-0.3, -0.25) is 9.80 Å². The molecule has 2 saturated heterocycles. The molecule has 2 aliphatic heterocycles. The van der Waals surface area contributed by atoms with Crippen LogP contribution in [0.5, 0.6) is 0 Å². The van der Waals surface area contributed by atoms with Crippen LogP contribution in [0.4, 0.5) is 0 Å². The summed E-state index contributed by atoms with van der Waals surface area (Å²) in [5, 5.41) is 13.2. The maximum absolute atomic E-state index is 9.95. The Labute approximate surface area is 127 Å². The number of hydrogen-bond acceptors (Lipinski definition) is 4. The quantitative estimate of drug-likeness (QED) is 0.853. The number of β-amino-alcohol motifs (C(OH)–C–C–N with tert-alkyl or cyclic N) is 1. The van der Waals surface area contributed by atoms with Gasteiger partial charge in [-0.1, -0.05) is 42.5 Å². The van der Waals surface area contributed by atoms with Crippen molar-refractivity contribution >= 4 is 6.08 Å². The summed E-state index contributed by atoms with van der Waals surface area (Å²) in [5.41, 5.74) is 1.26. The molecule has 2 aliphatic rings. The summed E-state index contributed by atoms with van der Waals surface area (Å²) in [6.45, 7) is 6.96. The van der Waals surface area contributed by atoms with Crippen molar-refractivity contribution in [3.8, 4) is 0 Å². The summed E-state index contributed by atoms with van der Waals surface area (Å²) in [5.74, 6) is 0. The van der Waals surface area contributed by atoms with Crippen molar-refractivity contribution in [3.05, 3.63) is 42.0 Å². The summed E-state index contributed by atoms with van der Waals surface area (Å²) < 4.78 is 0. The molecule has 1 aromatic rings. The standard InChI is InChI=1S/C17H25N3O/c21-17-14-18-13-16(17)20-11-9-19(10-12-20)8-4-7-15-5-2-1-3-6-15/h1-7,16-18,21H,8-14H2/b7-4+/t16-,17-/m0/s1. The van der Waals surface area contributed by atoms with E-state index in [4.69, 9.17) is 0 Å².